The van der Waals surface area contributed by atoms with Gasteiger partial charge in [-0.2, -0.15) is 0 Å². The number of ether oxygens (including phenoxy) is 1. The van der Waals surface area contributed by atoms with Crippen molar-refractivity contribution in [3.8, 4) is 5.75 Å². The number of aliphatic imine (C=N–C) groups is 1. The van der Waals surface area contributed by atoms with Crippen LogP contribution in [-0.2, 0) is 22.4 Å². The number of aliphatic hydroxyl groups is 1. The molecule has 6 heteroatoms. The lowest BCUT2D eigenvalue weighted by atomic mass is 9.79. The first-order valence-electron chi connectivity index (χ1n) is 11.0. The van der Waals surface area contributed by atoms with Gasteiger partial charge in [0.15, 0.2) is 0 Å². The molecule has 0 aromatic heterocycles. The lowest BCUT2D eigenvalue weighted by molar-refractivity contribution is -0.137. The Kier molecular flexibility index (Phi) is 6.95. The molecule has 0 fully saturated rings. The van der Waals surface area contributed by atoms with E-state index >= 15 is 0 Å². The van der Waals surface area contributed by atoms with E-state index in [-0.39, 0.29) is 5.92 Å². The number of esters is 1. The summed E-state index contributed by atoms with van der Waals surface area (Å²) in [6.45, 7) is -0.674. The van der Waals surface area contributed by atoms with Gasteiger partial charge in [-0.05, 0) is 42.4 Å². The number of hydrogen-bond acceptors (Lipinski definition) is 5. The minimum absolute atomic E-state index is 0.0822. The summed E-state index contributed by atoms with van der Waals surface area (Å²) >= 11 is 0. The number of nitrogens with two attached hydrogens (primary N) is 1. The Labute approximate surface area is 192 Å². The molecule has 0 radical (unpaired) electrons. The fraction of sp³-hybridized carbons (Fsp3) is 0.222. The van der Waals surface area contributed by atoms with E-state index in [1.807, 2.05) is 72.8 Å². The van der Waals surface area contributed by atoms with Crippen molar-refractivity contribution in [2.24, 2.45) is 16.6 Å². The second kappa shape index (κ2) is 10.2. The molecule has 0 aliphatic heterocycles. The Bertz CT molecular complexity index is 1120. The first kappa shape index (κ1) is 22.4. The van der Waals surface area contributed by atoms with E-state index in [9.17, 15) is 9.59 Å². The van der Waals surface area contributed by atoms with Crippen molar-refractivity contribution in [2.45, 2.75) is 25.3 Å². The van der Waals surface area contributed by atoms with Crippen LogP contribution in [0.25, 0.3) is 0 Å². The summed E-state index contributed by atoms with van der Waals surface area (Å²) in [4.78, 5) is 29.1. The summed E-state index contributed by atoms with van der Waals surface area (Å²) in [5.74, 6) is -0.782. The van der Waals surface area contributed by atoms with Crippen molar-refractivity contribution in [1.82, 2.24) is 0 Å². The van der Waals surface area contributed by atoms with Crippen LogP contribution in [0.2, 0.25) is 0 Å². The molecule has 6 nitrogen and oxygen atoms in total. The van der Waals surface area contributed by atoms with Crippen molar-refractivity contribution in [3.63, 3.8) is 0 Å². The van der Waals surface area contributed by atoms with Crippen LogP contribution in [0.3, 0.4) is 0 Å². The first-order valence-corrected chi connectivity index (χ1v) is 11.0. The first-order chi connectivity index (χ1) is 16.1. The second-order valence-electron chi connectivity index (χ2n) is 8.09. The van der Waals surface area contributed by atoms with Crippen LogP contribution in [0, 0.1) is 5.92 Å². The third kappa shape index (κ3) is 5.18. The van der Waals surface area contributed by atoms with Crippen molar-refractivity contribution in [3.05, 3.63) is 101 Å². The Morgan fingerprint density at radius 1 is 0.970 bits per heavy atom. The van der Waals surface area contributed by atoms with Crippen LogP contribution in [0.4, 0.5) is 0 Å². The van der Waals surface area contributed by atoms with Crippen LogP contribution in [0.5, 0.6) is 5.75 Å². The molecule has 3 N–H and O–H groups in total. The van der Waals surface area contributed by atoms with E-state index in [4.69, 9.17) is 20.6 Å². The van der Waals surface area contributed by atoms with E-state index in [1.54, 1.807) is 6.07 Å². The highest BCUT2D eigenvalue weighted by Gasteiger charge is 2.32. The predicted octanol–water partition coefficient (Wildman–Crippen LogP) is 3.08. The molecule has 2 atom stereocenters. The van der Waals surface area contributed by atoms with Crippen molar-refractivity contribution in [2.75, 3.05) is 6.61 Å². The number of carbonyl (C=O) groups excluding carboxylic acids is 2. The van der Waals surface area contributed by atoms with Gasteiger partial charge in [0.25, 0.3) is 0 Å². The summed E-state index contributed by atoms with van der Waals surface area (Å²) in [5, 5.41) is 9.01. The normalized spacial score (nSPS) is 15.7. The summed E-state index contributed by atoms with van der Waals surface area (Å²) < 4.78 is 5.28. The van der Waals surface area contributed by atoms with E-state index in [0.29, 0.717) is 25.0 Å². The van der Waals surface area contributed by atoms with Crippen LogP contribution < -0.4 is 10.5 Å². The van der Waals surface area contributed by atoms with Crippen LogP contribution >= 0.6 is 0 Å². The molecule has 0 saturated heterocycles. The third-order valence-corrected chi connectivity index (χ3v) is 5.93. The number of primary amides is 1. The largest absolute Gasteiger partial charge is 0.425 e. The van der Waals surface area contributed by atoms with Gasteiger partial charge in [-0.15, -0.1) is 0 Å². The number of hydrogen-bond donors (Lipinski definition) is 2. The predicted molar refractivity (Wildman–Crippen MR) is 126 cm³/mol. The average molecular weight is 443 g/mol. The van der Waals surface area contributed by atoms with Gasteiger partial charge < -0.3 is 15.6 Å². The Morgan fingerprint density at radius 2 is 1.61 bits per heavy atom. The summed E-state index contributed by atoms with van der Waals surface area (Å²) in [6.07, 6.45) is 1.89. The highest BCUT2D eigenvalue weighted by atomic mass is 16.5. The molecule has 3 aromatic rings. The Morgan fingerprint density at radius 3 is 2.18 bits per heavy atom. The Balaban J connectivity index is 1.68. The molecular weight excluding hydrogens is 416 g/mol. The molecule has 0 spiro atoms. The van der Waals surface area contributed by atoms with E-state index in [1.165, 1.54) is 0 Å². The number of amides is 1. The van der Waals surface area contributed by atoms with Crippen molar-refractivity contribution in [1.29, 1.82) is 0 Å². The number of fused-ring (bicyclic) bond motifs is 1. The number of nitrogens with zero attached hydrogens (tertiary/aromatic N) is 1. The maximum atomic E-state index is 12.6. The minimum Gasteiger partial charge on any atom is -0.425 e. The maximum absolute atomic E-state index is 12.6. The number of carbonyl (C=O) groups is 2. The fourth-order valence-corrected chi connectivity index (χ4v) is 4.37. The monoisotopic (exact) mass is 442 g/mol. The topological polar surface area (TPSA) is 102 Å². The number of aliphatic hydroxyl groups excluding tert-OH is 1. The molecule has 0 saturated carbocycles. The molecule has 1 aliphatic carbocycles. The molecule has 33 heavy (non-hydrogen) atoms. The Hall–Kier alpha value is -3.77. The van der Waals surface area contributed by atoms with Gasteiger partial charge in [0.05, 0.1) is 5.71 Å². The highest BCUT2D eigenvalue weighted by molar-refractivity contribution is 6.13. The summed E-state index contributed by atoms with van der Waals surface area (Å²) in [7, 11) is 0. The second-order valence-corrected chi connectivity index (χ2v) is 8.09. The average Bonchev–Trinajstić information content (AvgIpc) is 2.85. The van der Waals surface area contributed by atoms with E-state index in [0.717, 1.165) is 28.0 Å². The molecule has 0 bridgehead atoms. The minimum atomic E-state index is -0.697. The van der Waals surface area contributed by atoms with Gasteiger partial charge in [-0.3, -0.25) is 9.79 Å². The lowest BCUT2D eigenvalue weighted by Gasteiger charge is -2.29. The van der Waals surface area contributed by atoms with Gasteiger partial charge >= 0.3 is 5.97 Å². The van der Waals surface area contributed by atoms with Gasteiger partial charge in [-0.1, -0.05) is 72.8 Å². The molecule has 0 heterocycles. The molecule has 3 aromatic carbocycles. The van der Waals surface area contributed by atoms with E-state index in [2.05, 4.69) is 0 Å². The smallest absolute Gasteiger partial charge is 0.337 e. The highest BCUT2D eigenvalue weighted by Crippen LogP contribution is 2.34. The molecule has 1 aliphatic rings. The standard InChI is InChI=1S/C27H26N2O4/c28-27(32)26(29-25(18-8-3-1-4-9-18)19-10-5-2-6-11-19)21-14-15-22-20(16-21)12-7-13-23(22)33-24(31)17-30/h1-13,21,26,30H,14-17H2,(H2,28,32). The zero-order chi connectivity index (χ0) is 23.2. The zero-order valence-corrected chi connectivity index (χ0v) is 18.2. The number of benzene rings is 3. The summed E-state index contributed by atoms with van der Waals surface area (Å²) in [5.41, 5.74) is 10.4. The number of rotatable bonds is 7. The lowest BCUT2D eigenvalue weighted by Crippen LogP contribution is -2.38. The quantitative estimate of drug-likeness (QED) is 0.333. The molecular formula is C27H26N2O4. The van der Waals surface area contributed by atoms with Gasteiger partial charge in [0.1, 0.15) is 18.4 Å². The van der Waals surface area contributed by atoms with Crippen molar-refractivity contribution < 1.29 is 19.4 Å². The third-order valence-electron chi connectivity index (χ3n) is 5.93. The van der Waals surface area contributed by atoms with Gasteiger partial charge in [-0.25, -0.2) is 4.79 Å². The van der Waals surface area contributed by atoms with Crippen LogP contribution in [0.15, 0.2) is 83.9 Å². The zero-order valence-electron chi connectivity index (χ0n) is 18.2. The van der Waals surface area contributed by atoms with E-state index < -0.39 is 24.5 Å². The fourth-order valence-electron chi connectivity index (χ4n) is 4.37. The molecule has 2 unspecified atom stereocenters. The molecule has 168 valence electrons. The van der Waals surface area contributed by atoms with Gasteiger partial charge in [0, 0.05) is 11.1 Å². The maximum Gasteiger partial charge on any atom is 0.337 e. The van der Waals surface area contributed by atoms with Crippen molar-refractivity contribution >= 4 is 17.6 Å². The summed E-state index contributed by atoms with van der Waals surface area (Å²) in [6, 6.07) is 24.4. The molecule has 1 amide bonds. The SMILES string of the molecule is NC(=O)C(N=C(c1ccccc1)c1ccccc1)C1CCc2c(cccc2OC(=O)CO)C1. The van der Waals surface area contributed by atoms with Crippen LogP contribution in [0.1, 0.15) is 28.7 Å². The molecule has 4 rings (SSSR count). The van der Waals surface area contributed by atoms with Gasteiger partial charge in [0.2, 0.25) is 5.91 Å². The van der Waals surface area contributed by atoms with Crippen LogP contribution in [-0.4, -0.2) is 35.3 Å².